The van der Waals surface area contributed by atoms with E-state index in [4.69, 9.17) is 9.62 Å². The summed E-state index contributed by atoms with van der Waals surface area (Å²) < 4.78 is 5.16. The maximum Gasteiger partial charge on any atom is 0.163 e. The van der Waals surface area contributed by atoms with Crippen molar-refractivity contribution in [2.45, 2.75) is 12.3 Å². The highest BCUT2D eigenvalue weighted by Gasteiger charge is 2.17. The molecule has 0 saturated heterocycles. The molecule has 1 atom stereocenters. The van der Waals surface area contributed by atoms with Gasteiger partial charge < -0.3 is 9.62 Å². The van der Waals surface area contributed by atoms with E-state index in [-0.39, 0.29) is 11.7 Å². The van der Waals surface area contributed by atoms with Gasteiger partial charge in [-0.2, -0.15) is 0 Å². The summed E-state index contributed by atoms with van der Waals surface area (Å²) in [6, 6.07) is 13.1. The van der Waals surface area contributed by atoms with Gasteiger partial charge in [0.15, 0.2) is 5.78 Å². The lowest BCUT2D eigenvalue weighted by Crippen LogP contribution is -2.17. The van der Waals surface area contributed by atoms with Crippen molar-refractivity contribution >= 4 is 11.9 Å². The van der Waals surface area contributed by atoms with E-state index < -0.39 is 0 Å². The lowest BCUT2D eigenvalue weighted by atomic mass is 9.91. The van der Waals surface area contributed by atoms with Crippen LogP contribution in [0.2, 0.25) is 0 Å². The first-order valence-corrected chi connectivity index (χ1v) is 6.48. The van der Waals surface area contributed by atoms with Gasteiger partial charge in [-0.15, -0.1) is 0 Å². The van der Waals surface area contributed by atoms with Crippen LogP contribution in [0.25, 0.3) is 6.08 Å². The molecule has 4 nitrogen and oxygen atoms in total. The second kappa shape index (κ2) is 7.43. The van der Waals surface area contributed by atoms with Gasteiger partial charge in [-0.25, -0.2) is 5.48 Å². The number of benzene rings is 1. The highest BCUT2D eigenvalue weighted by molar-refractivity contribution is 5.98. The molecule has 0 aliphatic carbocycles. The number of hydroxylamine groups is 1. The average molecular weight is 271 g/mol. The Morgan fingerprint density at radius 1 is 1.25 bits per heavy atom. The van der Waals surface area contributed by atoms with Gasteiger partial charge >= 0.3 is 0 Å². The monoisotopic (exact) mass is 271 g/mol. The Labute approximate surface area is 117 Å². The molecule has 2 N–H and O–H groups in total. The van der Waals surface area contributed by atoms with Crippen molar-refractivity contribution in [1.29, 1.82) is 0 Å². The molecule has 1 heterocycles. The molecule has 0 fully saturated rings. The maximum absolute atomic E-state index is 12.3. The number of ketones is 1. The summed E-state index contributed by atoms with van der Waals surface area (Å²) in [5.41, 5.74) is 3.04. The number of furan rings is 1. The largest absolute Gasteiger partial charge is 0.465 e. The van der Waals surface area contributed by atoms with Crippen LogP contribution in [0.5, 0.6) is 0 Å². The van der Waals surface area contributed by atoms with E-state index >= 15 is 0 Å². The van der Waals surface area contributed by atoms with Crippen molar-refractivity contribution in [2.24, 2.45) is 0 Å². The van der Waals surface area contributed by atoms with E-state index in [1.54, 1.807) is 24.5 Å². The molecule has 1 aromatic heterocycles. The molecule has 20 heavy (non-hydrogen) atoms. The van der Waals surface area contributed by atoms with Crippen LogP contribution in [0.3, 0.4) is 0 Å². The molecule has 0 radical (unpaired) electrons. The SMILES string of the molecule is O=C(C=Cc1ccco1)[C@@H](CCNO)c1ccccc1. The van der Waals surface area contributed by atoms with Crippen LogP contribution in [0.1, 0.15) is 23.7 Å². The third-order valence-electron chi connectivity index (χ3n) is 3.05. The zero-order chi connectivity index (χ0) is 14.2. The minimum absolute atomic E-state index is 0.0112. The first kappa shape index (κ1) is 14.2. The van der Waals surface area contributed by atoms with Crippen molar-refractivity contribution < 1.29 is 14.4 Å². The Morgan fingerprint density at radius 3 is 2.70 bits per heavy atom. The lowest BCUT2D eigenvalue weighted by molar-refractivity contribution is -0.116. The molecule has 0 aliphatic rings. The van der Waals surface area contributed by atoms with Crippen molar-refractivity contribution in [3.05, 3.63) is 66.1 Å². The minimum Gasteiger partial charge on any atom is -0.465 e. The minimum atomic E-state index is -0.276. The number of allylic oxidation sites excluding steroid dienone is 1. The zero-order valence-corrected chi connectivity index (χ0v) is 11.0. The average Bonchev–Trinajstić information content (AvgIpc) is 3.00. The van der Waals surface area contributed by atoms with Crippen LogP contribution in [0, 0.1) is 0 Å². The fourth-order valence-electron chi connectivity index (χ4n) is 2.03. The molecular weight excluding hydrogens is 254 g/mol. The van der Waals surface area contributed by atoms with Gasteiger partial charge in [-0.3, -0.25) is 4.79 Å². The van der Waals surface area contributed by atoms with Crippen molar-refractivity contribution in [1.82, 2.24) is 5.48 Å². The van der Waals surface area contributed by atoms with Crippen molar-refractivity contribution in [3.8, 4) is 0 Å². The summed E-state index contributed by atoms with van der Waals surface area (Å²) in [6.07, 6.45) is 5.27. The fourth-order valence-corrected chi connectivity index (χ4v) is 2.03. The summed E-state index contributed by atoms with van der Waals surface area (Å²) >= 11 is 0. The molecule has 104 valence electrons. The van der Waals surface area contributed by atoms with Gasteiger partial charge in [0.05, 0.1) is 6.26 Å². The van der Waals surface area contributed by atoms with Crippen LogP contribution in [0.15, 0.2) is 59.2 Å². The topological polar surface area (TPSA) is 62.5 Å². The smallest absolute Gasteiger partial charge is 0.163 e. The van der Waals surface area contributed by atoms with Gasteiger partial charge in [-0.05, 0) is 36.3 Å². The molecule has 0 bridgehead atoms. The molecule has 0 unspecified atom stereocenters. The molecule has 2 rings (SSSR count). The number of rotatable bonds is 7. The van der Waals surface area contributed by atoms with Crippen LogP contribution in [-0.4, -0.2) is 17.5 Å². The standard InChI is InChI=1S/C16H17NO3/c18-16(9-8-14-7-4-12-20-14)15(10-11-17-19)13-5-2-1-3-6-13/h1-9,12,15,17,19H,10-11H2/t15-/m0/s1. The Kier molecular flexibility index (Phi) is 5.29. The van der Waals surface area contributed by atoms with Crippen LogP contribution < -0.4 is 5.48 Å². The van der Waals surface area contributed by atoms with Gasteiger partial charge in [0, 0.05) is 12.5 Å². The number of carbonyl (C=O) groups is 1. The van der Waals surface area contributed by atoms with E-state index in [0.29, 0.717) is 18.7 Å². The summed E-state index contributed by atoms with van der Waals surface area (Å²) in [5, 5.41) is 8.73. The predicted molar refractivity (Wildman–Crippen MR) is 76.3 cm³/mol. The highest BCUT2D eigenvalue weighted by Crippen LogP contribution is 2.21. The van der Waals surface area contributed by atoms with Crippen molar-refractivity contribution in [2.75, 3.05) is 6.54 Å². The second-order valence-electron chi connectivity index (χ2n) is 4.41. The van der Waals surface area contributed by atoms with Crippen LogP contribution >= 0.6 is 0 Å². The summed E-state index contributed by atoms with van der Waals surface area (Å²) in [6.45, 7) is 0.361. The number of hydrogen-bond acceptors (Lipinski definition) is 4. The van der Waals surface area contributed by atoms with E-state index in [0.717, 1.165) is 5.56 Å². The van der Waals surface area contributed by atoms with Gasteiger partial charge in [-0.1, -0.05) is 30.3 Å². The maximum atomic E-state index is 12.3. The van der Waals surface area contributed by atoms with Crippen LogP contribution in [0.4, 0.5) is 0 Å². The van der Waals surface area contributed by atoms with E-state index in [2.05, 4.69) is 5.48 Å². The Morgan fingerprint density at radius 2 is 2.05 bits per heavy atom. The lowest BCUT2D eigenvalue weighted by Gasteiger charge is -2.13. The van der Waals surface area contributed by atoms with E-state index in [9.17, 15) is 4.79 Å². The molecule has 0 amide bonds. The first-order valence-electron chi connectivity index (χ1n) is 6.48. The number of hydrogen-bond donors (Lipinski definition) is 2. The summed E-state index contributed by atoms with van der Waals surface area (Å²) in [4.78, 5) is 12.3. The molecule has 1 aromatic carbocycles. The first-order chi connectivity index (χ1) is 9.81. The third kappa shape index (κ3) is 3.91. The van der Waals surface area contributed by atoms with E-state index in [1.165, 1.54) is 6.08 Å². The number of nitrogens with one attached hydrogen (secondary N) is 1. The normalized spacial score (nSPS) is 12.7. The quantitative estimate of drug-likeness (QED) is 0.600. The zero-order valence-electron chi connectivity index (χ0n) is 11.0. The highest BCUT2D eigenvalue weighted by atomic mass is 16.5. The Hall–Kier alpha value is -2.17. The molecule has 2 aromatic rings. The Bertz CT molecular complexity index is 546. The number of carbonyl (C=O) groups excluding carboxylic acids is 1. The third-order valence-corrected chi connectivity index (χ3v) is 3.05. The summed E-state index contributed by atoms with van der Waals surface area (Å²) in [5.74, 6) is 0.357. The Balaban J connectivity index is 2.12. The van der Waals surface area contributed by atoms with E-state index in [1.807, 2.05) is 30.3 Å². The van der Waals surface area contributed by atoms with Crippen molar-refractivity contribution in [3.63, 3.8) is 0 Å². The molecule has 0 spiro atoms. The van der Waals surface area contributed by atoms with Gasteiger partial charge in [0.2, 0.25) is 0 Å². The van der Waals surface area contributed by atoms with Crippen LogP contribution in [-0.2, 0) is 4.79 Å². The van der Waals surface area contributed by atoms with Gasteiger partial charge in [0.1, 0.15) is 5.76 Å². The van der Waals surface area contributed by atoms with Gasteiger partial charge in [0.25, 0.3) is 0 Å². The molecule has 0 aliphatic heterocycles. The fraction of sp³-hybridized carbons (Fsp3) is 0.188. The predicted octanol–water partition coefficient (Wildman–Crippen LogP) is 3.01. The molecule has 0 saturated carbocycles. The second-order valence-corrected chi connectivity index (χ2v) is 4.41. The molecular formula is C16H17NO3. The summed E-state index contributed by atoms with van der Waals surface area (Å²) in [7, 11) is 0. The molecule has 4 heteroatoms.